The monoisotopic (exact) mass is 274 g/mol. The van der Waals surface area contributed by atoms with Crippen LogP contribution in [0.25, 0.3) is 0 Å². The van der Waals surface area contributed by atoms with Crippen LogP contribution in [0, 0.1) is 5.41 Å². The fourth-order valence-electron chi connectivity index (χ4n) is 3.12. The van der Waals surface area contributed by atoms with Crippen LogP contribution >= 0.6 is 0 Å². The van der Waals surface area contributed by atoms with Crippen molar-refractivity contribution in [3.8, 4) is 0 Å². The Labute approximate surface area is 120 Å². The van der Waals surface area contributed by atoms with Crippen LogP contribution in [0.3, 0.4) is 0 Å². The van der Waals surface area contributed by atoms with Gasteiger partial charge in [-0.05, 0) is 31.2 Å². The normalized spacial score (nSPS) is 22.6. The minimum atomic E-state index is -0.367. The number of Topliss-reactive ketones (excluding diaryl/α,β-unsaturated/α-hetero) is 1. The number of esters is 1. The second-order valence-electron chi connectivity index (χ2n) is 5.65. The summed E-state index contributed by atoms with van der Waals surface area (Å²) in [5.41, 5.74) is 0.806. The summed E-state index contributed by atoms with van der Waals surface area (Å²) in [6.07, 6.45) is 5.26. The molecule has 1 fully saturated rings. The number of ether oxygens (including phenoxy) is 1. The van der Waals surface area contributed by atoms with Crippen LogP contribution in [0.4, 0.5) is 0 Å². The number of ketones is 1. The molecule has 0 saturated heterocycles. The van der Waals surface area contributed by atoms with Gasteiger partial charge < -0.3 is 4.74 Å². The summed E-state index contributed by atoms with van der Waals surface area (Å²) in [5, 5.41) is 0. The second-order valence-corrected chi connectivity index (χ2v) is 5.65. The van der Waals surface area contributed by atoms with E-state index in [-0.39, 0.29) is 11.4 Å². The number of hydrogen-bond acceptors (Lipinski definition) is 3. The third-order valence-corrected chi connectivity index (χ3v) is 4.32. The van der Waals surface area contributed by atoms with Crippen LogP contribution in [0.2, 0.25) is 0 Å². The lowest BCUT2D eigenvalue weighted by Crippen LogP contribution is -2.37. The summed E-state index contributed by atoms with van der Waals surface area (Å²) in [6.45, 7) is 0. The molecule has 1 aliphatic carbocycles. The molecule has 3 heteroatoms. The zero-order valence-electron chi connectivity index (χ0n) is 12.1. The predicted octanol–water partition coefficient (Wildman–Crippen LogP) is 3.31. The molecule has 0 aliphatic heterocycles. The van der Waals surface area contributed by atoms with Gasteiger partial charge in [-0.2, -0.15) is 0 Å². The van der Waals surface area contributed by atoms with E-state index in [0.29, 0.717) is 25.0 Å². The summed E-state index contributed by atoms with van der Waals surface area (Å²) in [5.74, 6) is 0.0901. The molecule has 0 radical (unpaired) electrons. The summed E-state index contributed by atoms with van der Waals surface area (Å²) in [7, 11) is 1.40. The molecule has 0 bridgehead atoms. The Hall–Kier alpha value is -1.64. The van der Waals surface area contributed by atoms with Crippen molar-refractivity contribution in [2.75, 3.05) is 7.11 Å². The largest absolute Gasteiger partial charge is 0.469 e. The zero-order valence-corrected chi connectivity index (χ0v) is 12.1. The van der Waals surface area contributed by atoms with E-state index in [2.05, 4.69) is 12.1 Å². The Balaban J connectivity index is 2.15. The average Bonchev–Trinajstić information content (AvgIpc) is 2.49. The number of hydrogen-bond donors (Lipinski definition) is 0. The van der Waals surface area contributed by atoms with Gasteiger partial charge in [0.25, 0.3) is 0 Å². The Morgan fingerprint density at radius 3 is 2.65 bits per heavy atom. The van der Waals surface area contributed by atoms with E-state index >= 15 is 0 Å². The van der Waals surface area contributed by atoms with E-state index in [1.807, 2.05) is 18.2 Å². The van der Waals surface area contributed by atoms with Gasteiger partial charge >= 0.3 is 5.97 Å². The van der Waals surface area contributed by atoms with Crippen molar-refractivity contribution in [3.05, 3.63) is 35.9 Å². The highest BCUT2D eigenvalue weighted by atomic mass is 16.5. The Kier molecular flexibility index (Phi) is 4.94. The molecule has 0 heterocycles. The molecule has 20 heavy (non-hydrogen) atoms. The van der Waals surface area contributed by atoms with Crippen LogP contribution in [-0.2, 0) is 20.7 Å². The van der Waals surface area contributed by atoms with Crippen molar-refractivity contribution >= 4 is 11.8 Å². The van der Waals surface area contributed by atoms with Crippen molar-refractivity contribution in [1.29, 1.82) is 0 Å². The smallest absolute Gasteiger partial charge is 0.305 e. The lowest BCUT2D eigenvalue weighted by Gasteiger charge is -2.36. The van der Waals surface area contributed by atoms with Crippen molar-refractivity contribution in [2.45, 2.75) is 44.9 Å². The van der Waals surface area contributed by atoms with E-state index in [9.17, 15) is 9.59 Å². The molecule has 0 spiro atoms. The fraction of sp³-hybridized carbons (Fsp3) is 0.529. The van der Waals surface area contributed by atoms with Crippen LogP contribution in [0.1, 0.15) is 44.1 Å². The Bertz CT molecular complexity index is 466. The highest BCUT2D eigenvalue weighted by Crippen LogP contribution is 2.40. The number of rotatable bonds is 5. The lowest BCUT2D eigenvalue weighted by atomic mass is 9.67. The highest BCUT2D eigenvalue weighted by molar-refractivity contribution is 5.86. The first-order valence-corrected chi connectivity index (χ1v) is 7.30. The van der Waals surface area contributed by atoms with Crippen LogP contribution in [0.5, 0.6) is 0 Å². The van der Waals surface area contributed by atoms with Gasteiger partial charge in [-0.25, -0.2) is 0 Å². The molecular weight excluding hydrogens is 252 g/mol. The summed E-state index contributed by atoms with van der Waals surface area (Å²) < 4.78 is 4.72. The molecule has 3 nitrogen and oxygen atoms in total. The van der Waals surface area contributed by atoms with E-state index in [0.717, 1.165) is 25.7 Å². The molecule has 2 rings (SSSR count). The van der Waals surface area contributed by atoms with Crippen molar-refractivity contribution < 1.29 is 14.3 Å². The van der Waals surface area contributed by atoms with Crippen LogP contribution < -0.4 is 0 Å². The number of carbonyl (C=O) groups excluding carboxylic acids is 2. The van der Waals surface area contributed by atoms with Crippen LogP contribution in [-0.4, -0.2) is 18.9 Å². The number of methoxy groups -OCH3 is 1. The van der Waals surface area contributed by atoms with Gasteiger partial charge in [-0.3, -0.25) is 9.59 Å². The van der Waals surface area contributed by atoms with Gasteiger partial charge in [0.1, 0.15) is 5.78 Å². The molecule has 1 atom stereocenters. The first kappa shape index (κ1) is 14.8. The molecule has 1 aliphatic rings. The average molecular weight is 274 g/mol. The Morgan fingerprint density at radius 2 is 2.00 bits per heavy atom. The molecule has 1 unspecified atom stereocenters. The first-order valence-electron chi connectivity index (χ1n) is 7.30. The van der Waals surface area contributed by atoms with E-state index in [1.165, 1.54) is 12.7 Å². The van der Waals surface area contributed by atoms with Crippen LogP contribution in [0.15, 0.2) is 30.3 Å². The highest BCUT2D eigenvalue weighted by Gasteiger charge is 2.39. The van der Waals surface area contributed by atoms with Gasteiger partial charge in [0.15, 0.2) is 0 Å². The topological polar surface area (TPSA) is 43.4 Å². The van der Waals surface area contributed by atoms with Gasteiger partial charge in [0.05, 0.1) is 7.11 Å². The molecule has 0 amide bonds. The maximum absolute atomic E-state index is 12.5. The standard InChI is InChI=1S/C17H22O3/c1-20-16(19)10-12-17(11-6-5-9-15(17)18)13-14-7-3-2-4-8-14/h2-4,7-8H,5-6,9-13H2,1H3. The van der Waals surface area contributed by atoms with Crippen molar-refractivity contribution in [1.82, 2.24) is 0 Å². The molecular formula is C17H22O3. The van der Waals surface area contributed by atoms with Gasteiger partial charge in [-0.1, -0.05) is 36.8 Å². The molecule has 0 N–H and O–H groups in total. The maximum Gasteiger partial charge on any atom is 0.305 e. The SMILES string of the molecule is COC(=O)CCC1(Cc2ccccc2)CCCCC1=O. The fourth-order valence-corrected chi connectivity index (χ4v) is 3.12. The molecule has 1 aromatic carbocycles. The molecule has 1 saturated carbocycles. The van der Waals surface area contributed by atoms with E-state index in [4.69, 9.17) is 4.74 Å². The number of carbonyl (C=O) groups is 2. The van der Waals surface area contributed by atoms with Gasteiger partial charge in [-0.15, -0.1) is 0 Å². The quantitative estimate of drug-likeness (QED) is 0.774. The third kappa shape index (κ3) is 3.47. The third-order valence-electron chi connectivity index (χ3n) is 4.32. The molecule has 0 aromatic heterocycles. The van der Waals surface area contributed by atoms with Gasteiger partial charge in [0, 0.05) is 18.3 Å². The first-order chi connectivity index (χ1) is 9.66. The predicted molar refractivity (Wildman–Crippen MR) is 77.3 cm³/mol. The minimum Gasteiger partial charge on any atom is -0.469 e. The number of benzene rings is 1. The Morgan fingerprint density at radius 1 is 1.25 bits per heavy atom. The maximum atomic E-state index is 12.5. The van der Waals surface area contributed by atoms with Crippen molar-refractivity contribution in [2.24, 2.45) is 5.41 Å². The minimum absolute atomic E-state index is 0.226. The van der Waals surface area contributed by atoms with E-state index in [1.54, 1.807) is 0 Å². The zero-order chi connectivity index (χ0) is 14.4. The van der Waals surface area contributed by atoms with E-state index < -0.39 is 0 Å². The molecule has 108 valence electrons. The van der Waals surface area contributed by atoms with Gasteiger partial charge in [0.2, 0.25) is 0 Å². The lowest BCUT2D eigenvalue weighted by molar-refractivity contribution is -0.142. The molecule has 1 aromatic rings. The second kappa shape index (κ2) is 6.69. The summed E-state index contributed by atoms with van der Waals surface area (Å²) in [4.78, 5) is 23.9. The summed E-state index contributed by atoms with van der Waals surface area (Å²) >= 11 is 0. The summed E-state index contributed by atoms with van der Waals surface area (Å²) in [6, 6.07) is 10.1. The van der Waals surface area contributed by atoms with Crippen molar-refractivity contribution in [3.63, 3.8) is 0 Å².